The summed E-state index contributed by atoms with van der Waals surface area (Å²) in [5, 5.41) is 20.3. The number of aliphatic hydroxyl groups is 1. The largest absolute Gasteiger partial charge is 0.481 e. The second kappa shape index (κ2) is 3.95. The molecule has 98 valence electrons. The molecule has 0 radical (unpaired) electrons. The average molecular weight is 242 g/mol. The van der Waals surface area contributed by atoms with E-state index >= 15 is 0 Å². The fraction of sp³-hybridized carbons (Fsp3) is 0.923. The van der Waals surface area contributed by atoms with Gasteiger partial charge < -0.3 is 14.9 Å². The van der Waals surface area contributed by atoms with Crippen LogP contribution in [0.3, 0.4) is 0 Å². The van der Waals surface area contributed by atoms with Gasteiger partial charge in [0.15, 0.2) is 0 Å². The summed E-state index contributed by atoms with van der Waals surface area (Å²) in [6.45, 7) is 5.21. The second-order valence-electron chi connectivity index (χ2n) is 6.40. The zero-order chi connectivity index (χ0) is 12.7. The zero-order valence-corrected chi connectivity index (χ0v) is 10.7. The van der Waals surface area contributed by atoms with Crippen LogP contribution in [-0.4, -0.2) is 35.0 Å². The van der Waals surface area contributed by atoms with Gasteiger partial charge in [0.2, 0.25) is 0 Å². The molecule has 0 aromatic heterocycles. The van der Waals surface area contributed by atoms with Crippen molar-refractivity contribution in [1.29, 1.82) is 0 Å². The van der Waals surface area contributed by atoms with Crippen molar-refractivity contribution >= 4 is 5.97 Å². The van der Waals surface area contributed by atoms with Gasteiger partial charge in [-0.2, -0.15) is 0 Å². The normalized spacial score (nSPS) is 35.7. The number of aliphatic carboxylic acids is 1. The highest BCUT2D eigenvalue weighted by atomic mass is 16.5. The predicted molar refractivity (Wildman–Crippen MR) is 62.7 cm³/mol. The van der Waals surface area contributed by atoms with Crippen LogP contribution in [0.4, 0.5) is 0 Å². The Hall–Kier alpha value is -0.610. The molecule has 0 amide bonds. The van der Waals surface area contributed by atoms with E-state index in [2.05, 4.69) is 13.8 Å². The average Bonchev–Trinajstić information content (AvgIpc) is 2.39. The van der Waals surface area contributed by atoms with Crippen LogP contribution < -0.4 is 0 Å². The van der Waals surface area contributed by atoms with Crippen LogP contribution >= 0.6 is 0 Å². The van der Waals surface area contributed by atoms with E-state index in [1.807, 2.05) is 0 Å². The highest BCUT2D eigenvalue weighted by Crippen LogP contribution is 2.61. The highest BCUT2D eigenvalue weighted by Gasteiger charge is 2.65. The Bertz CT molecular complexity index is 305. The van der Waals surface area contributed by atoms with Crippen molar-refractivity contribution in [2.24, 2.45) is 10.8 Å². The molecule has 4 nitrogen and oxygen atoms in total. The summed E-state index contributed by atoms with van der Waals surface area (Å²) in [4.78, 5) is 11.6. The third-order valence-electron chi connectivity index (χ3n) is 4.40. The van der Waals surface area contributed by atoms with E-state index in [0.29, 0.717) is 38.9 Å². The molecule has 0 aromatic carbocycles. The topological polar surface area (TPSA) is 66.8 Å². The maximum absolute atomic E-state index is 11.6. The van der Waals surface area contributed by atoms with E-state index in [9.17, 15) is 15.0 Å². The minimum Gasteiger partial charge on any atom is -0.481 e. The number of rotatable bonds is 2. The number of hydrogen-bond acceptors (Lipinski definition) is 3. The third kappa shape index (κ3) is 1.97. The fourth-order valence-electron chi connectivity index (χ4n) is 3.67. The molecular formula is C13H22O4. The lowest BCUT2D eigenvalue weighted by atomic mass is 9.47. The van der Waals surface area contributed by atoms with Gasteiger partial charge in [0.05, 0.1) is 11.0 Å². The molecule has 1 unspecified atom stereocenters. The monoisotopic (exact) mass is 242 g/mol. The molecule has 1 heterocycles. The molecule has 2 rings (SSSR count). The summed E-state index contributed by atoms with van der Waals surface area (Å²) in [5.74, 6) is -0.846. The van der Waals surface area contributed by atoms with Crippen LogP contribution in [0.25, 0.3) is 0 Å². The van der Waals surface area contributed by atoms with Crippen LogP contribution in [0.2, 0.25) is 0 Å². The van der Waals surface area contributed by atoms with Crippen molar-refractivity contribution in [2.45, 2.75) is 51.6 Å². The van der Waals surface area contributed by atoms with Gasteiger partial charge in [0.25, 0.3) is 0 Å². The van der Waals surface area contributed by atoms with Crippen molar-refractivity contribution in [1.82, 2.24) is 0 Å². The Morgan fingerprint density at radius 1 is 1.18 bits per heavy atom. The first-order valence-corrected chi connectivity index (χ1v) is 6.35. The van der Waals surface area contributed by atoms with E-state index in [1.165, 1.54) is 0 Å². The first-order chi connectivity index (χ1) is 7.81. The quantitative estimate of drug-likeness (QED) is 0.775. The summed E-state index contributed by atoms with van der Waals surface area (Å²) in [6.07, 6.45) is 2.84. The Labute approximate surface area is 102 Å². The molecule has 4 heteroatoms. The molecule has 2 fully saturated rings. The van der Waals surface area contributed by atoms with Gasteiger partial charge in [-0.3, -0.25) is 4.79 Å². The van der Waals surface area contributed by atoms with Crippen molar-refractivity contribution in [2.75, 3.05) is 13.2 Å². The van der Waals surface area contributed by atoms with Crippen molar-refractivity contribution in [3.8, 4) is 0 Å². The van der Waals surface area contributed by atoms with Gasteiger partial charge in [-0.1, -0.05) is 13.8 Å². The van der Waals surface area contributed by atoms with E-state index < -0.39 is 17.0 Å². The van der Waals surface area contributed by atoms with Crippen LogP contribution in [-0.2, 0) is 9.53 Å². The standard InChI is InChI=1S/C13H22O4/c1-11(2)8-12(9-11,10(14)15)13(16)4-3-6-17-7-5-13/h16H,3-9H2,1-2H3,(H,14,15). The molecular weight excluding hydrogens is 220 g/mol. The van der Waals surface area contributed by atoms with Gasteiger partial charge in [0.1, 0.15) is 0 Å². The maximum atomic E-state index is 11.6. The molecule has 2 N–H and O–H groups in total. The lowest BCUT2D eigenvalue weighted by Crippen LogP contribution is -2.62. The van der Waals surface area contributed by atoms with E-state index in [-0.39, 0.29) is 5.41 Å². The number of carboxylic acid groups (broad SMARTS) is 1. The van der Waals surface area contributed by atoms with Crippen LogP contribution in [0.1, 0.15) is 46.0 Å². The van der Waals surface area contributed by atoms with E-state index in [1.54, 1.807) is 0 Å². The lowest BCUT2D eigenvalue weighted by molar-refractivity contribution is -0.209. The summed E-state index contributed by atoms with van der Waals surface area (Å²) in [5.41, 5.74) is -2.02. The molecule has 1 aliphatic carbocycles. The van der Waals surface area contributed by atoms with Crippen molar-refractivity contribution in [3.63, 3.8) is 0 Å². The lowest BCUT2D eigenvalue weighted by Gasteiger charge is -2.57. The van der Waals surface area contributed by atoms with Crippen molar-refractivity contribution in [3.05, 3.63) is 0 Å². The molecule has 0 spiro atoms. The fourth-order valence-corrected chi connectivity index (χ4v) is 3.67. The number of hydrogen-bond donors (Lipinski definition) is 2. The van der Waals surface area contributed by atoms with Crippen LogP contribution in [0.15, 0.2) is 0 Å². The number of ether oxygens (including phenoxy) is 1. The van der Waals surface area contributed by atoms with E-state index in [4.69, 9.17) is 4.74 Å². The molecule has 1 atom stereocenters. The Balaban J connectivity index is 2.24. The Morgan fingerprint density at radius 3 is 2.35 bits per heavy atom. The molecule has 2 aliphatic rings. The van der Waals surface area contributed by atoms with Gasteiger partial charge in [-0.15, -0.1) is 0 Å². The van der Waals surface area contributed by atoms with Gasteiger partial charge in [-0.05, 0) is 31.1 Å². The number of carbonyl (C=O) groups is 1. The van der Waals surface area contributed by atoms with Gasteiger partial charge >= 0.3 is 5.97 Å². The zero-order valence-electron chi connectivity index (χ0n) is 10.7. The SMILES string of the molecule is CC1(C)CC(C(=O)O)(C2(O)CCCOCC2)C1. The second-order valence-corrected chi connectivity index (χ2v) is 6.40. The minimum absolute atomic E-state index is 0.0290. The van der Waals surface area contributed by atoms with Crippen LogP contribution in [0, 0.1) is 10.8 Å². The van der Waals surface area contributed by atoms with Crippen molar-refractivity contribution < 1.29 is 19.7 Å². The molecule has 0 bridgehead atoms. The summed E-state index contributed by atoms with van der Waals surface area (Å²) >= 11 is 0. The molecule has 0 aromatic rings. The summed E-state index contributed by atoms with van der Waals surface area (Å²) < 4.78 is 5.33. The van der Waals surface area contributed by atoms with E-state index in [0.717, 1.165) is 6.42 Å². The molecule has 17 heavy (non-hydrogen) atoms. The van der Waals surface area contributed by atoms with Gasteiger partial charge in [0, 0.05) is 19.6 Å². The molecule has 1 aliphatic heterocycles. The Morgan fingerprint density at radius 2 is 1.82 bits per heavy atom. The molecule has 1 saturated heterocycles. The minimum atomic E-state index is -1.09. The summed E-state index contributed by atoms with van der Waals surface area (Å²) in [7, 11) is 0. The Kier molecular flexibility index (Phi) is 2.99. The highest BCUT2D eigenvalue weighted by molar-refractivity contribution is 5.78. The predicted octanol–water partition coefficient (Wildman–Crippen LogP) is 1.81. The summed E-state index contributed by atoms with van der Waals surface area (Å²) in [6, 6.07) is 0. The smallest absolute Gasteiger partial charge is 0.312 e. The first-order valence-electron chi connectivity index (χ1n) is 6.35. The first kappa shape index (κ1) is 12.8. The third-order valence-corrected chi connectivity index (χ3v) is 4.40. The number of carboxylic acids is 1. The van der Waals surface area contributed by atoms with Gasteiger partial charge in [-0.25, -0.2) is 0 Å². The molecule has 1 saturated carbocycles. The maximum Gasteiger partial charge on any atom is 0.312 e. The van der Waals surface area contributed by atoms with Crippen LogP contribution in [0.5, 0.6) is 0 Å².